The molecule has 2 aromatic carbocycles. The normalized spacial score (nSPS) is 11.2. The molecule has 1 N–H and O–H groups in total. The molecule has 2 rings (SSSR count). The van der Waals surface area contributed by atoms with Crippen LogP contribution in [-0.4, -0.2) is 48.7 Å². The molecule has 2 aromatic rings. The number of carbonyl (C=O) groups excluding carboxylic acids is 2. The van der Waals surface area contributed by atoms with E-state index in [1.165, 1.54) is 33.3 Å². The van der Waals surface area contributed by atoms with E-state index in [0.29, 0.717) is 0 Å². The van der Waals surface area contributed by atoms with E-state index < -0.39 is 39.1 Å². The van der Waals surface area contributed by atoms with Crippen molar-refractivity contribution in [3.05, 3.63) is 56.1 Å². The zero-order valence-electron chi connectivity index (χ0n) is 18.1. The third-order valence-electron chi connectivity index (χ3n) is 4.30. The lowest BCUT2D eigenvalue weighted by molar-refractivity contribution is -0.385. The largest absolute Gasteiger partial charge is 0.495 e. The van der Waals surface area contributed by atoms with E-state index in [1.54, 1.807) is 6.92 Å². The number of non-ortho nitro benzene ring substituents is 1. The molecule has 0 radical (unpaired) electrons. The topological polar surface area (TPSA) is 169 Å². The summed E-state index contributed by atoms with van der Waals surface area (Å²) in [5.41, 5.74) is -1.37. The summed E-state index contributed by atoms with van der Waals surface area (Å²) < 4.78 is 20.5. The minimum atomic E-state index is -1.42. The first-order valence-corrected chi connectivity index (χ1v) is 9.46. The summed E-state index contributed by atoms with van der Waals surface area (Å²) in [7, 11) is 2.59. The van der Waals surface area contributed by atoms with E-state index in [0.717, 1.165) is 18.2 Å². The second kappa shape index (κ2) is 10.7. The lowest BCUT2D eigenvalue weighted by Crippen LogP contribution is -2.30. The number of hydrogen-bond acceptors (Lipinski definition) is 10. The summed E-state index contributed by atoms with van der Waals surface area (Å²) in [6.45, 7) is 3.11. The van der Waals surface area contributed by atoms with Crippen LogP contribution in [0.3, 0.4) is 0 Å². The molecule has 0 aliphatic heterocycles. The van der Waals surface area contributed by atoms with Crippen LogP contribution < -0.4 is 19.5 Å². The highest BCUT2D eigenvalue weighted by atomic mass is 16.6. The summed E-state index contributed by atoms with van der Waals surface area (Å²) in [6.07, 6.45) is -1.42. The van der Waals surface area contributed by atoms with Crippen molar-refractivity contribution in [2.45, 2.75) is 20.0 Å². The first kappa shape index (κ1) is 24.8. The highest BCUT2D eigenvalue weighted by Crippen LogP contribution is 2.35. The lowest BCUT2D eigenvalue weighted by atomic mass is 10.1. The van der Waals surface area contributed by atoms with Crippen molar-refractivity contribution < 1.29 is 38.4 Å². The molecule has 0 aliphatic carbocycles. The van der Waals surface area contributed by atoms with E-state index >= 15 is 0 Å². The van der Waals surface area contributed by atoms with E-state index in [1.807, 2.05) is 0 Å². The van der Waals surface area contributed by atoms with Gasteiger partial charge >= 0.3 is 5.97 Å². The van der Waals surface area contributed by atoms with Crippen LogP contribution in [0.1, 0.15) is 24.2 Å². The summed E-state index contributed by atoms with van der Waals surface area (Å²) in [5, 5.41) is 24.8. The van der Waals surface area contributed by atoms with Crippen molar-refractivity contribution in [2.75, 3.05) is 26.1 Å². The number of nitrogens with zero attached hydrogens (tertiary/aromatic N) is 2. The number of methoxy groups -OCH3 is 2. The second-order valence-corrected chi connectivity index (χ2v) is 6.39. The molecule has 0 saturated carbocycles. The number of nitro benzene ring substituents is 2. The van der Waals surface area contributed by atoms with Gasteiger partial charge in [0.15, 0.2) is 17.6 Å². The van der Waals surface area contributed by atoms with Crippen LogP contribution >= 0.6 is 0 Å². The fourth-order valence-corrected chi connectivity index (χ4v) is 2.71. The van der Waals surface area contributed by atoms with E-state index in [-0.39, 0.29) is 35.2 Å². The van der Waals surface area contributed by atoms with Gasteiger partial charge in [-0.1, -0.05) is 0 Å². The second-order valence-electron chi connectivity index (χ2n) is 6.39. The number of rotatable bonds is 10. The van der Waals surface area contributed by atoms with Gasteiger partial charge in [0.1, 0.15) is 11.3 Å². The van der Waals surface area contributed by atoms with Crippen molar-refractivity contribution in [1.29, 1.82) is 0 Å². The maximum atomic E-state index is 12.6. The quantitative estimate of drug-likeness (QED) is 0.314. The Morgan fingerprint density at radius 1 is 1.00 bits per heavy atom. The number of hydrogen-bond donors (Lipinski definition) is 1. The molecule has 1 unspecified atom stereocenters. The number of amides is 1. The van der Waals surface area contributed by atoms with E-state index in [2.05, 4.69) is 5.32 Å². The fraction of sp³-hybridized carbons (Fsp3) is 0.300. The van der Waals surface area contributed by atoms with Crippen molar-refractivity contribution in [3.8, 4) is 17.2 Å². The average Bonchev–Trinajstić information content (AvgIpc) is 2.78. The number of nitrogens with one attached hydrogen (secondary N) is 1. The Morgan fingerprint density at radius 2 is 1.67 bits per heavy atom. The molecule has 1 atom stereocenters. The molecule has 0 aromatic heterocycles. The summed E-state index contributed by atoms with van der Waals surface area (Å²) >= 11 is 0. The Kier molecular flexibility index (Phi) is 8.09. The Balaban J connectivity index is 2.28. The van der Waals surface area contributed by atoms with Crippen molar-refractivity contribution in [2.24, 2.45) is 0 Å². The third-order valence-corrected chi connectivity index (χ3v) is 4.30. The lowest BCUT2D eigenvalue weighted by Gasteiger charge is -2.16. The smallest absolute Gasteiger partial charge is 0.346 e. The molecule has 0 aliphatic rings. The number of nitro groups is 2. The first-order valence-electron chi connectivity index (χ1n) is 9.46. The maximum absolute atomic E-state index is 12.6. The SMILES string of the molecule is CCOc1cc(C(=O)OC(C)C(=O)Nc2cc([N+](=O)[O-])ccc2OC)c([N+](=O)[O-])cc1OC. The van der Waals surface area contributed by atoms with Gasteiger partial charge < -0.3 is 24.3 Å². The van der Waals surface area contributed by atoms with Crippen LogP contribution in [0, 0.1) is 20.2 Å². The van der Waals surface area contributed by atoms with Crippen molar-refractivity contribution >= 4 is 28.9 Å². The predicted octanol–water partition coefficient (Wildman–Crippen LogP) is 3.10. The molecule has 13 nitrogen and oxygen atoms in total. The van der Waals surface area contributed by atoms with E-state index in [9.17, 15) is 29.8 Å². The van der Waals surface area contributed by atoms with Crippen LogP contribution in [-0.2, 0) is 9.53 Å². The monoisotopic (exact) mass is 463 g/mol. The van der Waals surface area contributed by atoms with Crippen molar-refractivity contribution in [1.82, 2.24) is 0 Å². The van der Waals surface area contributed by atoms with Gasteiger partial charge in [-0.3, -0.25) is 25.0 Å². The van der Waals surface area contributed by atoms with Gasteiger partial charge in [0.05, 0.1) is 42.4 Å². The van der Waals surface area contributed by atoms with Crippen LogP contribution in [0.2, 0.25) is 0 Å². The first-order chi connectivity index (χ1) is 15.6. The van der Waals surface area contributed by atoms with Crippen LogP contribution in [0.25, 0.3) is 0 Å². The number of anilines is 1. The minimum Gasteiger partial charge on any atom is -0.495 e. The molecule has 0 fully saturated rings. The average molecular weight is 463 g/mol. The molecule has 33 heavy (non-hydrogen) atoms. The van der Waals surface area contributed by atoms with Gasteiger partial charge in [0.25, 0.3) is 17.3 Å². The molecule has 1 amide bonds. The van der Waals surface area contributed by atoms with Crippen LogP contribution in [0.5, 0.6) is 17.2 Å². The van der Waals surface area contributed by atoms with E-state index in [4.69, 9.17) is 18.9 Å². The molecule has 0 bridgehead atoms. The summed E-state index contributed by atoms with van der Waals surface area (Å²) in [5.74, 6) is -1.73. The molecule has 176 valence electrons. The summed E-state index contributed by atoms with van der Waals surface area (Å²) in [4.78, 5) is 46.1. The van der Waals surface area contributed by atoms with Gasteiger partial charge in [-0.15, -0.1) is 0 Å². The number of esters is 1. The zero-order chi connectivity index (χ0) is 24.7. The maximum Gasteiger partial charge on any atom is 0.346 e. The van der Waals surface area contributed by atoms with Crippen LogP contribution in [0.4, 0.5) is 17.1 Å². The van der Waals surface area contributed by atoms with Crippen molar-refractivity contribution in [3.63, 3.8) is 0 Å². The van der Waals surface area contributed by atoms with Gasteiger partial charge in [0.2, 0.25) is 0 Å². The summed E-state index contributed by atoms with van der Waals surface area (Å²) in [6, 6.07) is 5.67. The van der Waals surface area contributed by atoms with Crippen LogP contribution in [0.15, 0.2) is 30.3 Å². The Morgan fingerprint density at radius 3 is 2.21 bits per heavy atom. The predicted molar refractivity (Wildman–Crippen MR) is 114 cm³/mol. The highest BCUT2D eigenvalue weighted by Gasteiger charge is 2.29. The molecular formula is C20H21N3O10. The van der Waals surface area contributed by atoms with Gasteiger partial charge in [-0.2, -0.15) is 0 Å². The third kappa shape index (κ3) is 5.84. The Hall–Kier alpha value is -4.42. The molecular weight excluding hydrogens is 442 g/mol. The zero-order valence-corrected chi connectivity index (χ0v) is 18.1. The Bertz CT molecular complexity index is 1090. The number of ether oxygens (including phenoxy) is 4. The molecule has 0 heterocycles. The standard InChI is InChI=1S/C20H21N3O10/c1-5-32-18-9-13(15(23(28)29)10-17(18)31-4)20(25)33-11(2)19(24)21-14-8-12(22(26)27)6-7-16(14)30-3/h6-11H,5H2,1-4H3,(H,21,24). The fourth-order valence-electron chi connectivity index (χ4n) is 2.71. The van der Waals surface area contributed by atoms with Gasteiger partial charge in [-0.05, 0) is 19.9 Å². The molecule has 13 heteroatoms. The molecule has 0 spiro atoms. The minimum absolute atomic E-state index is 0.0198. The number of benzene rings is 2. The Labute approximate surface area is 187 Å². The van der Waals surface area contributed by atoms with Gasteiger partial charge in [-0.25, -0.2) is 4.79 Å². The van der Waals surface area contributed by atoms with Gasteiger partial charge in [0, 0.05) is 18.2 Å². The highest BCUT2D eigenvalue weighted by molar-refractivity contribution is 6.00. The molecule has 0 saturated heterocycles. The number of carbonyl (C=O) groups is 2.